The fraction of sp³-hybridized carbons (Fsp3) is 0.409. The topological polar surface area (TPSA) is 38.3 Å². The van der Waals surface area contributed by atoms with Gasteiger partial charge in [-0.25, -0.2) is 0 Å². The quantitative estimate of drug-likeness (QED) is 0.778. The molecule has 26 heavy (non-hydrogen) atoms. The molecule has 2 atom stereocenters. The highest BCUT2D eigenvalue weighted by Gasteiger charge is 2.36. The molecule has 0 radical (unpaired) electrons. The van der Waals surface area contributed by atoms with Gasteiger partial charge in [-0.15, -0.1) is 11.8 Å². The lowest BCUT2D eigenvalue weighted by atomic mass is 9.88. The van der Waals surface area contributed by atoms with E-state index in [0.717, 1.165) is 24.3 Å². The van der Waals surface area contributed by atoms with Gasteiger partial charge in [-0.3, -0.25) is 5.32 Å². The summed E-state index contributed by atoms with van der Waals surface area (Å²) in [5.74, 6) is 2.08. The molecular weight excluding hydrogens is 342 g/mol. The van der Waals surface area contributed by atoms with Gasteiger partial charge in [-0.2, -0.15) is 0 Å². The Morgan fingerprint density at radius 1 is 1.27 bits per heavy atom. The first kappa shape index (κ1) is 19.0. The van der Waals surface area contributed by atoms with Crippen LogP contribution >= 0.6 is 11.8 Å². The number of ether oxygens (including phenoxy) is 1. The van der Waals surface area contributed by atoms with E-state index in [2.05, 4.69) is 48.6 Å². The third-order valence-corrected chi connectivity index (χ3v) is 6.61. The molecule has 2 aromatic rings. The Balaban J connectivity index is 2.03. The van der Waals surface area contributed by atoms with Gasteiger partial charge < -0.3 is 9.53 Å². The van der Waals surface area contributed by atoms with Gasteiger partial charge in [0.15, 0.2) is 0 Å². The number of thioether (sulfide) groups is 1. The smallest absolute Gasteiger partial charge is 0.129 e. The van der Waals surface area contributed by atoms with Crippen molar-refractivity contribution < 1.29 is 9.53 Å². The van der Waals surface area contributed by atoms with Crippen molar-refractivity contribution in [2.75, 3.05) is 12.9 Å². The minimum absolute atomic E-state index is 0.0664. The standard InChI is InChI=1S/C22H27NO2S/c1-4-22(13-12-16(2)24)15-26-20-14-18(25-3)10-11-19(20)21(23-22)17-8-6-5-7-9-17/h5-11,14,21,23H,4,12-13,15H2,1-3H3/t21-,22-/m0/s1. The summed E-state index contributed by atoms with van der Waals surface area (Å²) in [5.41, 5.74) is 2.46. The zero-order chi connectivity index (χ0) is 18.6. The van der Waals surface area contributed by atoms with Crippen LogP contribution in [-0.4, -0.2) is 24.2 Å². The molecule has 0 amide bonds. The number of rotatable bonds is 6. The van der Waals surface area contributed by atoms with Crippen LogP contribution < -0.4 is 10.1 Å². The first-order valence-corrected chi connectivity index (χ1v) is 10.2. The number of hydrogen-bond acceptors (Lipinski definition) is 4. The lowest BCUT2D eigenvalue weighted by Crippen LogP contribution is -2.48. The number of nitrogens with one attached hydrogen (secondary N) is 1. The number of benzene rings is 2. The van der Waals surface area contributed by atoms with Crippen LogP contribution in [0.2, 0.25) is 0 Å². The van der Waals surface area contributed by atoms with Gasteiger partial charge in [0.1, 0.15) is 11.5 Å². The Morgan fingerprint density at radius 3 is 2.69 bits per heavy atom. The normalized spacial score (nSPS) is 22.3. The van der Waals surface area contributed by atoms with Crippen LogP contribution in [0.5, 0.6) is 5.75 Å². The highest BCUT2D eigenvalue weighted by molar-refractivity contribution is 7.99. The van der Waals surface area contributed by atoms with Crippen LogP contribution in [0.1, 0.15) is 50.3 Å². The molecule has 1 aliphatic heterocycles. The monoisotopic (exact) mass is 369 g/mol. The maximum atomic E-state index is 11.6. The van der Waals surface area contributed by atoms with Crippen LogP contribution in [0.25, 0.3) is 0 Å². The summed E-state index contributed by atoms with van der Waals surface area (Å²) in [6.07, 6.45) is 2.46. The molecule has 3 rings (SSSR count). The van der Waals surface area contributed by atoms with E-state index >= 15 is 0 Å². The third-order valence-electron chi connectivity index (χ3n) is 5.25. The van der Waals surface area contributed by atoms with E-state index in [1.54, 1.807) is 14.0 Å². The average Bonchev–Trinajstić information content (AvgIpc) is 2.84. The molecule has 0 bridgehead atoms. The minimum Gasteiger partial charge on any atom is -0.497 e. The second kappa shape index (κ2) is 8.28. The Bertz CT molecular complexity index is 762. The Labute approximate surface area is 160 Å². The summed E-state index contributed by atoms with van der Waals surface area (Å²) in [4.78, 5) is 12.9. The summed E-state index contributed by atoms with van der Waals surface area (Å²) in [6, 6.07) is 17.0. The third kappa shape index (κ3) is 4.13. The van der Waals surface area contributed by atoms with Crippen molar-refractivity contribution in [2.45, 2.75) is 49.6 Å². The maximum absolute atomic E-state index is 11.6. The van der Waals surface area contributed by atoms with E-state index in [9.17, 15) is 4.79 Å². The Kier molecular flexibility index (Phi) is 6.05. The molecule has 0 spiro atoms. The number of fused-ring (bicyclic) bond motifs is 1. The van der Waals surface area contributed by atoms with E-state index < -0.39 is 0 Å². The molecule has 0 aromatic heterocycles. The van der Waals surface area contributed by atoms with Gasteiger partial charge in [0.25, 0.3) is 0 Å². The van der Waals surface area contributed by atoms with Crippen molar-refractivity contribution >= 4 is 17.5 Å². The van der Waals surface area contributed by atoms with Crippen molar-refractivity contribution in [3.63, 3.8) is 0 Å². The van der Waals surface area contributed by atoms with Gasteiger partial charge in [0.2, 0.25) is 0 Å². The van der Waals surface area contributed by atoms with Crippen LogP contribution in [-0.2, 0) is 4.79 Å². The van der Waals surface area contributed by atoms with Crippen LogP contribution in [0.4, 0.5) is 0 Å². The van der Waals surface area contributed by atoms with Crippen molar-refractivity contribution in [3.8, 4) is 5.75 Å². The molecule has 3 nitrogen and oxygen atoms in total. The lowest BCUT2D eigenvalue weighted by molar-refractivity contribution is -0.117. The van der Waals surface area contributed by atoms with E-state index in [4.69, 9.17) is 4.74 Å². The molecule has 1 N–H and O–H groups in total. The van der Waals surface area contributed by atoms with E-state index in [1.165, 1.54) is 16.0 Å². The number of carbonyl (C=O) groups excluding carboxylic acids is 1. The first-order chi connectivity index (χ1) is 12.6. The van der Waals surface area contributed by atoms with Crippen LogP contribution in [0.3, 0.4) is 0 Å². The highest BCUT2D eigenvalue weighted by Crippen LogP contribution is 2.41. The second-order valence-corrected chi connectivity index (χ2v) is 8.03. The average molecular weight is 370 g/mol. The summed E-state index contributed by atoms with van der Waals surface area (Å²) in [7, 11) is 1.71. The summed E-state index contributed by atoms with van der Waals surface area (Å²) >= 11 is 1.87. The second-order valence-electron chi connectivity index (χ2n) is 7.02. The summed E-state index contributed by atoms with van der Waals surface area (Å²) in [6.45, 7) is 3.90. The molecule has 138 valence electrons. The fourth-order valence-electron chi connectivity index (χ4n) is 3.50. The summed E-state index contributed by atoms with van der Waals surface area (Å²) < 4.78 is 5.44. The summed E-state index contributed by atoms with van der Waals surface area (Å²) in [5, 5.41) is 3.93. The zero-order valence-electron chi connectivity index (χ0n) is 15.7. The molecule has 0 unspecified atom stereocenters. The number of ketones is 1. The lowest BCUT2D eigenvalue weighted by Gasteiger charge is -2.36. The van der Waals surface area contributed by atoms with Gasteiger partial charge in [0.05, 0.1) is 13.2 Å². The fourth-order valence-corrected chi connectivity index (χ4v) is 4.91. The number of methoxy groups -OCH3 is 1. The van der Waals surface area contributed by atoms with Gasteiger partial charge >= 0.3 is 0 Å². The number of hydrogen-bond donors (Lipinski definition) is 1. The molecule has 2 aromatic carbocycles. The molecule has 0 fully saturated rings. The Morgan fingerprint density at radius 2 is 2.04 bits per heavy atom. The highest BCUT2D eigenvalue weighted by atomic mass is 32.2. The van der Waals surface area contributed by atoms with Gasteiger partial charge in [0, 0.05) is 22.6 Å². The van der Waals surface area contributed by atoms with Crippen molar-refractivity contribution in [2.24, 2.45) is 0 Å². The predicted molar refractivity (Wildman–Crippen MR) is 108 cm³/mol. The molecule has 4 heteroatoms. The molecule has 0 saturated heterocycles. The van der Waals surface area contributed by atoms with Crippen molar-refractivity contribution in [3.05, 3.63) is 59.7 Å². The molecular formula is C22H27NO2S. The number of carbonyl (C=O) groups is 1. The molecule has 1 heterocycles. The van der Waals surface area contributed by atoms with Crippen molar-refractivity contribution in [1.82, 2.24) is 5.32 Å². The van der Waals surface area contributed by atoms with Crippen molar-refractivity contribution in [1.29, 1.82) is 0 Å². The van der Waals surface area contributed by atoms with Gasteiger partial charge in [-0.05, 0) is 43.0 Å². The number of Topliss-reactive ketones (excluding diaryl/α,β-unsaturated/α-hetero) is 1. The van der Waals surface area contributed by atoms with E-state index in [1.807, 2.05) is 23.9 Å². The Hall–Kier alpha value is -1.78. The largest absolute Gasteiger partial charge is 0.497 e. The van der Waals surface area contributed by atoms with E-state index in [0.29, 0.717) is 6.42 Å². The minimum atomic E-state index is -0.0664. The predicted octanol–water partition coefficient (Wildman–Crippen LogP) is 5.00. The molecule has 1 aliphatic rings. The van der Waals surface area contributed by atoms with Gasteiger partial charge in [-0.1, -0.05) is 43.3 Å². The van der Waals surface area contributed by atoms with Crippen LogP contribution in [0.15, 0.2) is 53.4 Å². The SMILES string of the molecule is CC[C@]1(CCC(C)=O)CSc2cc(OC)ccc2[C@H](c2ccccc2)N1. The maximum Gasteiger partial charge on any atom is 0.129 e. The zero-order valence-corrected chi connectivity index (χ0v) is 16.6. The molecule has 0 aliphatic carbocycles. The molecule has 0 saturated carbocycles. The first-order valence-electron chi connectivity index (χ1n) is 9.20. The van der Waals surface area contributed by atoms with Crippen LogP contribution in [0, 0.1) is 0 Å². The van der Waals surface area contributed by atoms with E-state index in [-0.39, 0.29) is 17.4 Å².